The number of carbonyl (C=O) groups excluding carboxylic acids is 1. The van der Waals surface area contributed by atoms with Crippen LogP contribution in [0.2, 0.25) is 0 Å². The van der Waals surface area contributed by atoms with E-state index in [2.05, 4.69) is 10.2 Å². The van der Waals surface area contributed by atoms with Gasteiger partial charge in [-0.1, -0.05) is 6.07 Å². The highest BCUT2D eigenvalue weighted by molar-refractivity contribution is 7.89. The van der Waals surface area contributed by atoms with Gasteiger partial charge in [0, 0.05) is 18.8 Å². The third-order valence-corrected chi connectivity index (χ3v) is 6.55. The molecule has 25 heavy (non-hydrogen) atoms. The zero-order valence-corrected chi connectivity index (χ0v) is 15.3. The molecule has 2 saturated heterocycles. The zero-order valence-electron chi connectivity index (χ0n) is 14.5. The Labute approximate surface area is 149 Å². The summed E-state index contributed by atoms with van der Waals surface area (Å²) in [5.41, 5.74) is 1.40. The molecule has 2 aliphatic heterocycles. The summed E-state index contributed by atoms with van der Waals surface area (Å²) in [4.78, 5) is 14.6. The number of benzene rings is 1. The maximum absolute atomic E-state index is 12.8. The number of nitrogens with zero attached hydrogens (tertiary/aromatic N) is 2. The highest BCUT2D eigenvalue weighted by atomic mass is 32.2. The molecular formula is C17H25N3O4S. The highest BCUT2D eigenvalue weighted by Crippen LogP contribution is 2.23. The van der Waals surface area contributed by atoms with E-state index in [1.165, 1.54) is 4.31 Å². The first-order chi connectivity index (χ1) is 12.0. The van der Waals surface area contributed by atoms with Gasteiger partial charge in [0.1, 0.15) is 0 Å². The molecule has 0 bridgehead atoms. The van der Waals surface area contributed by atoms with Crippen LogP contribution in [0.1, 0.15) is 18.4 Å². The molecule has 7 nitrogen and oxygen atoms in total. The van der Waals surface area contributed by atoms with Crippen LogP contribution in [0.25, 0.3) is 0 Å². The van der Waals surface area contributed by atoms with Crippen molar-refractivity contribution in [2.24, 2.45) is 0 Å². The van der Waals surface area contributed by atoms with Crippen LogP contribution in [-0.2, 0) is 19.6 Å². The van der Waals surface area contributed by atoms with Crippen LogP contribution >= 0.6 is 0 Å². The molecule has 1 amide bonds. The van der Waals surface area contributed by atoms with Crippen LogP contribution < -0.4 is 5.32 Å². The quantitative estimate of drug-likeness (QED) is 0.842. The average Bonchev–Trinajstić information content (AvgIpc) is 3.10. The lowest BCUT2D eigenvalue weighted by Gasteiger charge is -2.26. The Kier molecular flexibility index (Phi) is 5.73. The van der Waals surface area contributed by atoms with Crippen LogP contribution in [0.4, 0.5) is 5.69 Å². The van der Waals surface area contributed by atoms with Crippen molar-refractivity contribution < 1.29 is 17.9 Å². The Morgan fingerprint density at radius 1 is 1.16 bits per heavy atom. The van der Waals surface area contributed by atoms with Gasteiger partial charge in [0.05, 0.1) is 24.7 Å². The number of morpholine rings is 1. The van der Waals surface area contributed by atoms with Crippen LogP contribution in [0.3, 0.4) is 0 Å². The molecule has 3 rings (SSSR count). The normalized spacial score (nSPS) is 19.9. The van der Waals surface area contributed by atoms with Crippen molar-refractivity contribution in [1.29, 1.82) is 0 Å². The molecule has 138 valence electrons. The van der Waals surface area contributed by atoms with Gasteiger partial charge in [-0.15, -0.1) is 0 Å². The van der Waals surface area contributed by atoms with E-state index in [0.29, 0.717) is 38.5 Å². The predicted octanol–water partition coefficient (Wildman–Crippen LogP) is 1.05. The third-order valence-electron chi connectivity index (χ3n) is 4.66. The molecule has 2 heterocycles. The molecule has 2 aliphatic rings. The largest absolute Gasteiger partial charge is 0.379 e. The molecule has 8 heteroatoms. The van der Waals surface area contributed by atoms with E-state index in [4.69, 9.17) is 4.74 Å². The molecule has 1 aromatic carbocycles. The van der Waals surface area contributed by atoms with E-state index < -0.39 is 10.0 Å². The minimum atomic E-state index is -3.57. The third kappa shape index (κ3) is 4.38. The fraction of sp³-hybridized carbons (Fsp3) is 0.588. The van der Waals surface area contributed by atoms with Crippen molar-refractivity contribution in [3.05, 3.63) is 23.8 Å². The number of rotatable bonds is 5. The molecule has 0 radical (unpaired) electrons. The van der Waals surface area contributed by atoms with Crippen molar-refractivity contribution in [2.75, 3.05) is 51.3 Å². The van der Waals surface area contributed by atoms with Gasteiger partial charge in [-0.2, -0.15) is 4.31 Å². The number of nitrogens with one attached hydrogen (secondary N) is 1. The fourth-order valence-corrected chi connectivity index (χ4v) is 4.60. The van der Waals surface area contributed by atoms with Crippen molar-refractivity contribution in [3.63, 3.8) is 0 Å². The number of aryl methyl sites for hydroxylation is 1. The van der Waals surface area contributed by atoms with Crippen LogP contribution in [-0.4, -0.2) is 69.5 Å². The van der Waals surface area contributed by atoms with Crippen LogP contribution in [0.5, 0.6) is 0 Å². The number of hydrogen-bond acceptors (Lipinski definition) is 5. The van der Waals surface area contributed by atoms with E-state index in [-0.39, 0.29) is 10.8 Å². The first-order valence-corrected chi connectivity index (χ1v) is 10.1. The zero-order chi connectivity index (χ0) is 17.9. The standard InChI is InChI=1S/C17H25N3O4S/c1-14-4-5-15(25(22,23)20-8-10-24-11-9-20)12-16(14)18-17(21)13-19-6-2-3-7-19/h4-5,12H,2-3,6-11,13H2,1H3,(H,18,21). The second-order valence-corrected chi connectivity index (χ2v) is 8.46. The van der Waals surface area contributed by atoms with Crippen LogP contribution in [0.15, 0.2) is 23.1 Å². The van der Waals surface area contributed by atoms with Crippen molar-refractivity contribution in [3.8, 4) is 0 Å². The molecule has 1 aromatic rings. The van der Waals surface area contributed by atoms with Gasteiger partial charge in [-0.3, -0.25) is 9.69 Å². The lowest BCUT2D eigenvalue weighted by atomic mass is 10.2. The SMILES string of the molecule is Cc1ccc(S(=O)(=O)N2CCOCC2)cc1NC(=O)CN1CCCC1. The highest BCUT2D eigenvalue weighted by Gasteiger charge is 2.27. The molecule has 1 N–H and O–H groups in total. The summed E-state index contributed by atoms with van der Waals surface area (Å²) in [7, 11) is -3.57. The molecule has 2 fully saturated rings. The topological polar surface area (TPSA) is 79.0 Å². The molecule has 0 atom stereocenters. The Balaban J connectivity index is 1.74. The summed E-state index contributed by atoms with van der Waals surface area (Å²) in [5, 5.41) is 2.86. The number of hydrogen-bond donors (Lipinski definition) is 1. The van der Waals surface area contributed by atoms with Gasteiger partial charge in [0.25, 0.3) is 0 Å². The summed E-state index contributed by atoms with van der Waals surface area (Å²) in [6.07, 6.45) is 2.25. The van der Waals surface area contributed by atoms with E-state index >= 15 is 0 Å². The van der Waals surface area contributed by atoms with Crippen molar-refractivity contribution in [2.45, 2.75) is 24.7 Å². The number of sulfonamides is 1. The minimum absolute atomic E-state index is 0.106. The van der Waals surface area contributed by atoms with Gasteiger partial charge in [-0.25, -0.2) is 8.42 Å². The monoisotopic (exact) mass is 367 g/mol. The van der Waals surface area contributed by atoms with Crippen molar-refractivity contribution >= 4 is 21.6 Å². The van der Waals surface area contributed by atoms with E-state index in [1.54, 1.807) is 18.2 Å². The Hall–Kier alpha value is -1.48. The average molecular weight is 367 g/mol. The smallest absolute Gasteiger partial charge is 0.243 e. The number of amides is 1. The second kappa shape index (κ2) is 7.82. The minimum Gasteiger partial charge on any atom is -0.379 e. The number of carbonyl (C=O) groups is 1. The van der Waals surface area contributed by atoms with Gasteiger partial charge in [0.2, 0.25) is 15.9 Å². The first kappa shape index (κ1) is 18.3. The predicted molar refractivity (Wildman–Crippen MR) is 95.1 cm³/mol. The summed E-state index contributed by atoms with van der Waals surface area (Å²) in [6.45, 7) is 5.61. The van der Waals surface area contributed by atoms with Gasteiger partial charge in [0.15, 0.2) is 0 Å². The number of ether oxygens (including phenoxy) is 1. The van der Waals surface area contributed by atoms with Crippen LogP contribution in [0, 0.1) is 6.92 Å². The Bertz CT molecular complexity index is 723. The maximum atomic E-state index is 12.8. The summed E-state index contributed by atoms with van der Waals surface area (Å²) in [5.74, 6) is -0.106. The molecular weight excluding hydrogens is 342 g/mol. The maximum Gasteiger partial charge on any atom is 0.243 e. The molecule has 0 spiro atoms. The fourth-order valence-electron chi connectivity index (χ4n) is 3.17. The molecule has 0 aromatic heterocycles. The summed E-state index contributed by atoms with van der Waals surface area (Å²) in [6, 6.07) is 4.89. The van der Waals surface area contributed by atoms with Gasteiger partial charge < -0.3 is 10.1 Å². The lowest BCUT2D eigenvalue weighted by molar-refractivity contribution is -0.117. The first-order valence-electron chi connectivity index (χ1n) is 8.67. The molecule has 0 unspecified atom stereocenters. The summed E-state index contributed by atoms with van der Waals surface area (Å²) < 4.78 is 32.2. The van der Waals surface area contributed by atoms with E-state index in [1.807, 2.05) is 6.92 Å². The second-order valence-electron chi connectivity index (χ2n) is 6.52. The number of anilines is 1. The van der Waals surface area contributed by atoms with Crippen molar-refractivity contribution in [1.82, 2.24) is 9.21 Å². The Morgan fingerprint density at radius 3 is 2.52 bits per heavy atom. The summed E-state index contributed by atoms with van der Waals surface area (Å²) >= 11 is 0. The van der Waals surface area contributed by atoms with E-state index in [9.17, 15) is 13.2 Å². The lowest BCUT2D eigenvalue weighted by Crippen LogP contribution is -2.40. The van der Waals surface area contributed by atoms with E-state index in [0.717, 1.165) is 31.5 Å². The molecule has 0 saturated carbocycles. The van der Waals surface area contributed by atoms with Gasteiger partial charge >= 0.3 is 0 Å². The number of likely N-dealkylation sites (tertiary alicyclic amines) is 1. The Morgan fingerprint density at radius 2 is 1.84 bits per heavy atom. The van der Waals surface area contributed by atoms with Gasteiger partial charge in [-0.05, 0) is 50.6 Å². The molecule has 0 aliphatic carbocycles.